The molecule has 324 valence electrons. The van der Waals surface area contributed by atoms with Crippen molar-refractivity contribution >= 4 is 0 Å². The van der Waals surface area contributed by atoms with Gasteiger partial charge in [-0.2, -0.15) is 0 Å². The van der Waals surface area contributed by atoms with Crippen LogP contribution in [-0.4, -0.2) is 150 Å². The van der Waals surface area contributed by atoms with Gasteiger partial charge in [0.05, 0.1) is 37.6 Å². The molecule has 14 nitrogen and oxygen atoms in total. The van der Waals surface area contributed by atoms with Crippen LogP contribution in [-0.2, 0) is 18.9 Å². The Bertz CT molecular complexity index is 1400. The molecule has 2 aliphatic heterocycles. The maximum atomic E-state index is 12.5. The molecule has 0 radical (unpaired) electrons. The van der Waals surface area contributed by atoms with E-state index in [4.69, 9.17) is 18.9 Å². The molecule has 10 N–H and O–H groups in total. The molecule has 56 heavy (non-hydrogen) atoms. The van der Waals surface area contributed by atoms with Gasteiger partial charge in [-0.05, 0) is 109 Å². The van der Waals surface area contributed by atoms with Crippen LogP contribution in [0.4, 0.5) is 0 Å². The lowest BCUT2D eigenvalue weighted by molar-refractivity contribution is -0.377. The summed E-state index contributed by atoms with van der Waals surface area (Å²) in [5, 5.41) is 108. The van der Waals surface area contributed by atoms with E-state index in [1.807, 2.05) is 13.8 Å². The summed E-state index contributed by atoms with van der Waals surface area (Å²) in [4.78, 5) is 0. The topological polar surface area (TPSA) is 239 Å². The van der Waals surface area contributed by atoms with Crippen molar-refractivity contribution < 1.29 is 70.0 Å². The van der Waals surface area contributed by atoms with Crippen molar-refractivity contribution in [2.75, 3.05) is 13.2 Å². The van der Waals surface area contributed by atoms with Crippen molar-refractivity contribution in [3.63, 3.8) is 0 Å². The summed E-state index contributed by atoms with van der Waals surface area (Å²) in [5.41, 5.74) is -1.30. The molecule has 0 aromatic carbocycles. The molecule has 5 aliphatic carbocycles. The fourth-order valence-electron chi connectivity index (χ4n) is 14.5. The highest BCUT2D eigenvalue weighted by molar-refractivity contribution is 5.33. The van der Waals surface area contributed by atoms with E-state index in [1.54, 1.807) is 0 Å². The molecule has 0 bridgehead atoms. The highest BCUT2D eigenvalue weighted by Crippen LogP contribution is 2.89. The molecule has 0 amide bonds. The second-order valence-corrected chi connectivity index (χ2v) is 20.8. The van der Waals surface area contributed by atoms with E-state index in [9.17, 15) is 51.1 Å². The van der Waals surface area contributed by atoms with Crippen LogP contribution in [0.1, 0.15) is 106 Å². The summed E-state index contributed by atoms with van der Waals surface area (Å²) in [6.45, 7) is 14.0. The molecule has 5 saturated carbocycles. The highest BCUT2D eigenvalue weighted by atomic mass is 16.8. The van der Waals surface area contributed by atoms with E-state index < -0.39 is 98.4 Å². The van der Waals surface area contributed by atoms with Gasteiger partial charge in [0.1, 0.15) is 48.8 Å². The number of hydrogen-bond acceptors (Lipinski definition) is 14. The first-order valence-electron chi connectivity index (χ1n) is 21.4. The Balaban J connectivity index is 1.11. The van der Waals surface area contributed by atoms with Crippen LogP contribution in [0, 0.1) is 56.7 Å². The fourth-order valence-corrected chi connectivity index (χ4v) is 14.5. The Morgan fingerprint density at radius 1 is 0.679 bits per heavy atom. The Kier molecular flexibility index (Phi) is 11.7. The molecule has 0 aromatic heterocycles. The van der Waals surface area contributed by atoms with Crippen molar-refractivity contribution in [1.82, 2.24) is 0 Å². The van der Waals surface area contributed by atoms with Gasteiger partial charge in [-0.1, -0.05) is 48.5 Å². The molecule has 2 spiro atoms. The van der Waals surface area contributed by atoms with E-state index in [-0.39, 0.29) is 57.4 Å². The summed E-state index contributed by atoms with van der Waals surface area (Å²) in [7, 11) is 0. The standard InChI is InChI=1S/C42H72O14/c1-19(2)21(45)9-8-20(3)29-22(46)14-39(6)26-11-10-25-38(4,5)28(12-13-41(25)18-42(26,41)27(47)15-40(29,39)7)55-37-35(33(51)31(49)24(17-44)54-37)56-36-34(52)32(50)30(48)23(16-43)53-36/h19-37,43-52H,8-18H2,1-7H3/t20-,21-,22-,23-,24-,25-,26+,27+,28-,29+,30-,31-,32+,33+,34-,35-,36+,37+,39-,40-,41-,42+/m1/s1. The Morgan fingerprint density at radius 2 is 1.29 bits per heavy atom. The molecule has 0 aromatic rings. The van der Waals surface area contributed by atoms with E-state index in [0.29, 0.717) is 25.7 Å². The molecule has 14 heteroatoms. The maximum absolute atomic E-state index is 12.5. The lowest BCUT2D eigenvalue weighted by Gasteiger charge is -2.64. The minimum Gasteiger partial charge on any atom is -0.394 e. The number of aliphatic hydroxyl groups excluding tert-OH is 10. The maximum Gasteiger partial charge on any atom is 0.187 e. The zero-order valence-electron chi connectivity index (χ0n) is 34.4. The lowest BCUT2D eigenvalue weighted by atomic mass is 9.41. The predicted octanol–water partition coefficient (Wildman–Crippen LogP) is 0.810. The normalized spacial score (nSPS) is 54.8. The predicted molar refractivity (Wildman–Crippen MR) is 200 cm³/mol. The average Bonchev–Trinajstić information content (AvgIpc) is 3.78. The molecular formula is C42H72O14. The quantitative estimate of drug-likeness (QED) is 0.130. The van der Waals surface area contributed by atoms with Crippen LogP contribution in [0.15, 0.2) is 0 Å². The van der Waals surface area contributed by atoms with Crippen LogP contribution in [0.3, 0.4) is 0 Å². The third-order valence-electron chi connectivity index (χ3n) is 17.7. The summed E-state index contributed by atoms with van der Waals surface area (Å²) in [6.07, 6.45) is -10.0. The Hall–Kier alpha value is -0.560. The Labute approximate surface area is 331 Å². The van der Waals surface area contributed by atoms with E-state index in [2.05, 4.69) is 34.6 Å². The summed E-state index contributed by atoms with van der Waals surface area (Å²) < 4.78 is 24.3. The van der Waals surface area contributed by atoms with Gasteiger partial charge in [-0.3, -0.25) is 0 Å². The van der Waals surface area contributed by atoms with Gasteiger partial charge in [-0.15, -0.1) is 0 Å². The third-order valence-corrected chi connectivity index (χ3v) is 17.7. The van der Waals surface area contributed by atoms with Crippen molar-refractivity contribution in [1.29, 1.82) is 0 Å². The molecule has 7 fully saturated rings. The molecule has 0 unspecified atom stereocenters. The lowest BCUT2D eigenvalue weighted by Crippen LogP contribution is -2.66. The van der Waals surface area contributed by atoms with Gasteiger partial charge in [0.25, 0.3) is 0 Å². The first-order chi connectivity index (χ1) is 26.2. The molecule has 7 aliphatic rings. The van der Waals surface area contributed by atoms with Gasteiger partial charge in [0.2, 0.25) is 0 Å². The number of ether oxygens (including phenoxy) is 4. The number of hydrogen-bond donors (Lipinski definition) is 10. The minimum atomic E-state index is -1.76. The molecule has 7 rings (SSSR count). The smallest absolute Gasteiger partial charge is 0.187 e. The van der Waals surface area contributed by atoms with Gasteiger partial charge in [-0.25, -0.2) is 0 Å². The van der Waals surface area contributed by atoms with Crippen LogP contribution >= 0.6 is 0 Å². The minimum absolute atomic E-state index is 0.0251. The third kappa shape index (κ3) is 6.24. The van der Waals surface area contributed by atoms with Crippen LogP contribution in [0.5, 0.6) is 0 Å². The summed E-state index contributed by atoms with van der Waals surface area (Å²) >= 11 is 0. The zero-order chi connectivity index (χ0) is 41.1. The van der Waals surface area contributed by atoms with Crippen LogP contribution in [0.2, 0.25) is 0 Å². The Morgan fingerprint density at radius 3 is 1.91 bits per heavy atom. The number of aliphatic hydroxyl groups is 10. The average molecular weight is 801 g/mol. The van der Waals surface area contributed by atoms with Gasteiger partial charge < -0.3 is 70.0 Å². The van der Waals surface area contributed by atoms with Crippen molar-refractivity contribution in [2.45, 2.75) is 192 Å². The van der Waals surface area contributed by atoms with E-state index >= 15 is 0 Å². The fraction of sp³-hybridized carbons (Fsp3) is 1.00. The number of fused-ring (bicyclic) bond motifs is 2. The summed E-state index contributed by atoms with van der Waals surface area (Å²) in [6, 6.07) is 0. The molecule has 2 saturated heterocycles. The van der Waals surface area contributed by atoms with Crippen LogP contribution in [0.25, 0.3) is 0 Å². The van der Waals surface area contributed by atoms with Crippen molar-refractivity contribution in [2.24, 2.45) is 56.7 Å². The van der Waals surface area contributed by atoms with Crippen LogP contribution < -0.4 is 0 Å². The van der Waals surface area contributed by atoms with Crippen molar-refractivity contribution in [3.05, 3.63) is 0 Å². The van der Waals surface area contributed by atoms with Crippen molar-refractivity contribution in [3.8, 4) is 0 Å². The highest BCUT2D eigenvalue weighted by Gasteiger charge is 2.85. The van der Waals surface area contributed by atoms with Gasteiger partial charge in [0, 0.05) is 5.41 Å². The zero-order valence-corrected chi connectivity index (χ0v) is 34.4. The largest absolute Gasteiger partial charge is 0.394 e. The molecule has 22 atom stereocenters. The first-order valence-corrected chi connectivity index (χ1v) is 21.4. The second kappa shape index (κ2) is 15.1. The monoisotopic (exact) mass is 800 g/mol. The van der Waals surface area contributed by atoms with Gasteiger partial charge >= 0.3 is 0 Å². The molecular weight excluding hydrogens is 728 g/mol. The second-order valence-electron chi connectivity index (χ2n) is 20.8. The summed E-state index contributed by atoms with van der Waals surface area (Å²) in [5.74, 6) is 0.808. The molecule has 2 heterocycles. The SMILES string of the molecule is CC(C)[C@H](O)CC[C@@H](C)[C@H]1[C@H](O)C[C@]2(C)[C@@H]3CC[C@@H]4C(C)(C)[C@H](O[C@@H]5O[C@H](CO)[C@@H](O)[C@H](O)[C@H]5O[C@@H]5O[C@H](CO)[C@@H](O)[C@H](O)[C@H]5O)CC[C@@]45C[C@@]35[C@@H](O)C[C@]12C. The first kappa shape index (κ1) is 43.5. The van der Waals surface area contributed by atoms with E-state index in [1.165, 1.54) is 0 Å². The van der Waals surface area contributed by atoms with E-state index in [0.717, 1.165) is 32.1 Å². The van der Waals surface area contributed by atoms with Gasteiger partial charge in [0.15, 0.2) is 12.6 Å². The number of rotatable bonds is 11.